The quantitative estimate of drug-likeness (QED) is 0.855. The van der Waals surface area contributed by atoms with Gasteiger partial charge in [-0.1, -0.05) is 12.1 Å². The summed E-state index contributed by atoms with van der Waals surface area (Å²) in [4.78, 5) is 5.00. The van der Waals surface area contributed by atoms with Crippen LogP contribution in [0.3, 0.4) is 0 Å². The van der Waals surface area contributed by atoms with Gasteiger partial charge in [0.25, 0.3) is 0 Å². The lowest BCUT2D eigenvalue weighted by molar-refractivity contribution is 0.0354. The summed E-state index contributed by atoms with van der Waals surface area (Å²) in [5.74, 6) is 0.668. The predicted molar refractivity (Wildman–Crippen MR) is 91.0 cm³/mol. The SMILES string of the molecule is COCC1CN(C)CC12CCN(Cc1cccc(C#N)c1)CC2. The number of hydrogen-bond donors (Lipinski definition) is 0. The molecule has 0 radical (unpaired) electrons. The molecule has 0 saturated carbocycles. The lowest BCUT2D eigenvalue weighted by atomic mass is 9.71. The highest BCUT2D eigenvalue weighted by atomic mass is 16.5. The van der Waals surface area contributed by atoms with Crippen LogP contribution in [0.5, 0.6) is 0 Å². The highest BCUT2D eigenvalue weighted by Gasteiger charge is 2.46. The van der Waals surface area contributed by atoms with Gasteiger partial charge in [0, 0.05) is 32.7 Å². The maximum Gasteiger partial charge on any atom is 0.0991 e. The summed E-state index contributed by atoms with van der Waals surface area (Å²) in [7, 11) is 4.06. The Bertz CT molecular complexity index is 572. The standard InChI is InChI=1S/C19H27N3O/c1-21-13-18(14-23-2)19(15-21)6-8-22(9-7-19)12-17-5-3-4-16(10-17)11-20/h3-5,10,18H,6-9,12-15H2,1-2H3. The van der Waals surface area contributed by atoms with Crippen LogP contribution in [0.1, 0.15) is 24.0 Å². The third-order valence-electron chi connectivity index (χ3n) is 5.66. The fourth-order valence-electron chi connectivity index (χ4n) is 4.45. The Morgan fingerprint density at radius 2 is 2.13 bits per heavy atom. The van der Waals surface area contributed by atoms with Crippen LogP contribution in [0.15, 0.2) is 24.3 Å². The highest BCUT2D eigenvalue weighted by molar-refractivity contribution is 5.32. The third kappa shape index (κ3) is 3.58. The molecule has 0 aromatic heterocycles. The molecule has 2 saturated heterocycles. The number of benzene rings is 1. The molecule has 3 rings (SSSR count). The largest absolute Gasteiger partial charge is 0.384 e. The topological polar surface area (TPSA) is 39.5 Å². The van der Waals surface area contributed by atoms with E-state index >= 15 is 0 Å². The molecule has 1 aromatic rings. The molecule has 1 unspecified atom stereocenters. The second-order valence-corrected chi connectivity index (χ2v) is 7.30. The van der Waals surface area contributed by atoms with Gasteiger partial charge in [-0.3, -0.25) is 4.90 Å². The third-order valence-corrected chi connectivity index (χ3v) is 5.66. The van der Waals surface area contributed by atoms with Gasteiger partial charge in [0.2, 0.25) is 0 Å². The number of methoxy groups -OCH3 is 1. The summed E-state index contributed by atoms with van der Waals surface area (Å²) in [6, 6.07) is 10.2. The van der Waals surface area contributed by atoms with E-state index in [1.807, 2.05) is 25.3 Å². The molecule has 4 heteroatoms. The number of nitrogens with zero attached hydrogens (tertiary/aromatic N) is 3. The zero-order valence-electron chi connectivity index (χ0n) is 14.3. The molecule has 2 aliphatic heterocycles. The number of rotatable bonds is 4. The van der Waals surface area contributed by atoms with E-state index in [0.717, 1.165) is 38.3 Å². The number of hydrogen-bond acceptors (Lipinski definition) is 4. The molecule has 1 spiro atoms. The zero-order valence-corrected chi connectivity index (χ0v) is 14.3. The Kier molecular flexibility index (Phi) is 5.01. The van der Waals surface area contributed by atoms with Crippen molar-refractivity contribution in [2.75, 3.05) is 46.9 Å². The minimum Gasteiger partial charge on any atom is -0.384 e. The molecule has 0 amide bonds. The van der Waals surface area contributed by atoms with Gasteiger partial charge >= 0.3 is 0 Å². The summed E-state index contributed by atoms with van der Waals surface area (Å²) >= 11 is 0. The van der Waals surface area contributed by atoms with Gasteiger partial charge in [-0.05, 0) is 56.1 Å². The van der Waals surface area contributed by atoms with Crippen molar-refractivity contribution in [1.82, 2.24) is 9.80 Å². The van der Waals surface area contributed by atoms with E-state index in [9.17, 15) is 0 Å². The van der Waals surface area contributed by atoms with E-state index in [2.05, 4.69) is 29.0 Å². The van der Waals surface area contributed by atoms with E-state index < -0.39 is 0 Å². The van der Waals surface area contributed by atoms with Gasteiger partial charge in [-0.25, -0.2) is 0 Å². The molecule has 2 fully saturated rings. The Labute approximate surface area is 139 Å². The van der Waals surface area contributed by atoms with Crippen molar-refractivity contribution >= 4 is 0 Å². The van der Waals surface area contributed by atoms with Crippen LogP contribution < -0.4 is 0 Å². The van der Waals surface area contributed by atoms with E-state index in [4.69, 9.17) is 10.00 Å². The van der Waals surface area contributed by atoms with E-state index in [-0.39, 0.29) is 0 Å². The molecule has 124 valence electrons. The number of piperidine rings is 1. The molecule has 0 N–H and O–H groups in total. The summed E-state index contributed by atoms with van der Waals surface area (Å²) in [5.41, 5.74) is 2.45. The zero-order chi connectivity index (χ0) is 16.3. The molecule has 2 heterocycles. The van der Waals surface area contributed by atoms with E-state index in [1.54, 1.807) is 0 Å². The van der Waals surface area contributed by atoms with Gasteiger partial charge in [0.15, 0.2) is 0 Å². The Morgan fingerprint density at radius 3 is 2.83 bits per heavy atom. The first-order chi connectivity index (χ1) is 11.1. The van der Waals surface area contributed by atoms with Gasteiger partial charge in [-0.15, -0.1) is 0 Å². The normalized spacial score (nSPS) is 24.8. The molecular formula is C19H27N3O. The first-order valence-electron chi connectivity index (χ1n) is 8.54. The fraction of sp³-hybridized carbons (Fsp3) is 0.632. The molecule has 23 heavy (non-hydrogen) atoms. The Morgan fingerprint density at radius 1 is 1.35 bits per heavy atom. The first kappa shape index (κ1) is 16.4. The molecule has 0 bridgehead atoms. The molecular weight excluding hydrogens is 286 g/mol. The van der Waals surface area contributed by atoms with Crippen LogP contribution in [0, 0.1) is 22.7 Å². The smallest absolute Gasteiger partial charge is 0.0991 e. The molecule has 1 atom stereocenters. The maximum atomic E-state index is 9.03. The minimum atomic E-state index is 0.440. The summed E-state index contributed by atoms with van der Waals surface area (Å²) in [5, 5.41) is 9.03. The van der Waals surface area contributed by atoms with Gasteiger partial charge in [0.1, 0.15) is 0 Å². The number of ether oxygens (including phenoxy) is 1. The Balaban J connectivity index is 1.60. The van der Waals surface area contributed by atoms with Crippen molar-refractivity contribution in [3.05, 3.63) is 35.4 Å². The predicted octanol–water partition coefficient (Wildman–Crippen LogP) is 2.35. The number of likely N-dealkylation sites (tertiary alicyclic amines) is 2. The first-order valence-corrected chi connectivity index (χ1v) is 8.54. The van der Waals surface area contributed by atoms with Crippen LogP contribution in [0.2, 0.25) is 0 Å². The molecule has 0 aliphatic carbocycles. The van der Waals surface area contributed by atoms with Crippen molar-refractivity contribution in [3.63, 3.8) is 0 Å². The van der Waals surface area contributed by atoms with Crippen molar-refractivity contribution in [2.45, 2.75) is 19.4 Å². The monoisotopic (exact) mass is 313 g/mol. The van der Waals surface area contributed by atoms with E-state index in [0.29, 0.717) is 11.3 Å². The second kappa shape index (κ2) is 7.00. The fourth-order valence-corrected chi connectivity index (χ4v) is 4.45. The van der Waals surface area contributed by atoms with Crippen LogP contribution >= 0.6 is 0 Å². The highest BCUT2D eigenvalue weighted by Crippen LogP contribution is 2.44. The summed E-state index contributed by atoms with van der Waals surface area (Å²) in [6.07, 6.45) is 2.51. The minimum absolute atomic E-state index is 0.440. The van der Waals surface area contributed by atoms with Crippen molar-refractivity contribution in [3.8, 4) is 6.07 Å². The van der Waals surface area contributed by atoms with Crippen LogP contribution in [0.25, 0.3) is 0 Å². The molecule has 1 aromatic carbocycles. The molecule has 4 nitrogen and oxygen atoms in total. The summed E-state index contributed by atoms with van der Waals surface area (Å²) < 4.78 is 5.48. The Hall–Kier alpha value is -1.41. The summed E-state index contributed by atoms with van der Waals surface area (Å²) in [6.45, 7) is 6.50. The van der Waals surface area contributed by atoms with Crippen molar-refractivity contribution in [2.24, 2.45) is 11.3 Å². The van der Waals surface area contributed by atoms with Gasteiger partial charge in [-0.2, -0.15) is 5.26 Å². The van der Waals surface area contributed by atoms with Crippen LogP contribution in [-0.4, -0.2) is 56.7 Å². The van der Waals surface area contributed by atoms with Gasteiger partial charge in [0.05, 0.1) is 18.2 Å². The average Bonchev–Trinajstić information content (AvgIpc) is 2.86. The second-order valence-electron chi connectivity index (χ2n) is 7.30. The lowest BCUT2D eigenvalue weighted by Gasteiger charge is -2.42. The average molecular weight is 313 g/mol. The maximum absolute atomic E-state index is 9.03. The van der Waals surface area contributed by atoms with Crippen LogP contribution in [-0.2, 0) is 11.3 Å². The number of nitriles is 1. The lowest BCUT2D eigenvalue weighted by Crippen LogP contribution is -2.44. The van der Waals surface area contributed by atoms with E-state index in [1.165, 1.54) is 24.9 Å². The van der Waals surface area contributed by atoms with Gasteiger partial charge < -0.3 is 9.64 Å². The van der Waals surface area contributed by atoms with Crippen LogP contribution in [0.4, 0.5) is 0 Å². The van der Waals surface area contributed by atoms with Crippen molar-refractivity contribution < 1.29 is 4.74 Å². The molecule has 2 aliphatic rings. The van der Waals surface area contributed by atoms with Crippen molar-refractivity contribution in [1.29, 1.82) is 5.26 Å².